The van der Waals surface area contributed by atoms with Crippen molar-refractivity contribution in [2.75, 3.05) is 6.54 Å². The van der Waals surface area contributed by atoms with E-state index in [4.69, 9.17) is 0 Å². The minimum Gasteiger partial charge on any atom is -0.296 e. The molecule has 0 radical (unpaired) electrons. The lowest BCUT2D eigenvalue weighted by atomic mass is 10.1. The highest BCUT2D eigenvalue weighted by molar-refractivity contribution is 9.10. The van der Waals surface area contributed by atoms with Crippen LogP contribution in [0, 0.1) is 5.92 Å². The first-order valence-electron chi connectivity index (χ1n) is 7.05. The largest absolute Gasteiger partial charge is 0.296 e. The molecule has 0 heterocycles. The molecule has 1 nitrogen and oxygen atoms in total. The van der Waals surface area contributed by atoms with Crippen molar-refractivity contribution in [3.63, 3.8) is 0 Å². The van der Waals surface area contributed by atoms with Gasteiger partial charge in [0.05, 0.1) is 0 Å². The summed E-state index contributed by atoms with van der Waals surface area (Å²) in [5.74, 6) is 0.723. The van der Waals surface area contributed by atoms with Gasteiger partial charge in [0.25, 0.3) is 0 Å². The maximum Gasteiger partial charge on any atom is 0.0236 e. The molecule has 0 bridgehead atoms. The van der Waals surface area contributed by atoms with E-state index in [0.29, 0.717) is 6.04 Å². The van der Waals surface area contributed by atoms with Gasteiger partial charge in [0.2, 0.25) is 0 Å². The van der Waals surface area contributed by atoms with Crippen molar-refractivity contribution >= 4 is 15.9 Å². The van der Waals surface area contributed by atoms with E-state index in [1.807, 2.05) is 0 Å². The Hall–Kier alpha value is -0.340. The van der Waals surface area contributed by atoms with Crippen LogP contribution in [0.25, 0.3) is 0 Å². The van der Waals surface area contributed by atoms with Crippen molar-refractivity contribution in [1.29, 1.82) is 0 Å². The first-order valence-corrected chi connectivity index (χ1v) is 7.84. The van der Waals surface area contributed by atoms with Crippen LogP contribution < -0.4 is 0 Å². The summed E-state index contributed by atoms with van der Waals surface area (Å²) in [5, 5.41) is 0. The van der Waals surface area contributed by atoms with Gasteiger partial charge in [-0.2, -0.15) is 0 Å². The van der Waals surface area contributed by atoms with Crippen LogP contribution in [-0.4, -0.2) is 17.5 Å². The molecular weight excluding hydrogens is 286 g/mol. The molecule has 0 aromatic heterocycles. The van der Waals surface area contributed by atoms with Crippen LogP contribution in [0.3, 0.4) is 0 Å². The Bertz CT molecular complexity index is 327. The minimum atomic E-state index is 0.705. The van der Waals surface area contributed by atoms with E-state index in [9.17, 15) is 0 Å². The van der Waals surface area contributed by atoms with Crippen LogP contribution in [0.5, 0.6) is 0 Å². The lowest BCUT2D eigenvalue weighted by molar-refractivity contribution is 0.157. The second kappa shape index (κ2) is 7.96. The fourth-order valence-electron chi connectivity index (χ4n) is 2.44. The molecule has 0 fully saturated rings. The van der Waals surface area contributed by atoms with Crippen LogP contribution in [0.15, 0.2) is 28.7 Å². The molecule has 1 aromatic rings. The summed E-state index contributed by atoms with van der Waals surface area (Å²) in [4.78, 5) is 2.63. The van der Waals surface area contributed by atoms with Crippen LogP contribution in [0.1, 0.15) is 46.1 Å². The molecule has 1 rings (SSSR count). The summed E-state index contributed by atoms with van der Waals surface area (Å²) in [6.45, 7) is 11.4. The van der Waals surface area contributed by atoms with Gasteiger partial charge in [-0.05, 0) is 36.5 Å². The number of hydrogen-bond acceptors (Lipinski definition) is 1. The smallest absolute Gasteiger partial charge is 0.0236 e. The van der Waals surface area contributed by atoms with Gasteiger partial charge in [0.1, 0.15) is 0 Å². The maximum absolute atomic E-state index is 3.49. The van der Waals surface area contributed by atoms with Crippen molar-refractivity contribution in [2.24, 2.45) is 5.92 Å². The molecule has 0 aliphatic rings. The minimum absolute atomic E-state index is 0.705. The summed E-state index contributed by atoms with van der Waals surface area (Å²) in [5.41, 5.74) is 1.41. The van der Waals surface area contributed by atoms with E-state index in [0.717, 1.165) is 16.9 Å². The molecular formula is C16H26BrN. The Morgan fingerprint density at radius 1 is 1.06 bits per heavy atom. The average Bonchev–Trinajstić information content (AvgIpc) is 2.33. The number of nitrogens with zero attached hydrogens (tertiary/aromatic N) is 1. The molecule has 0 amide bonds. The van der Waals surface area contributed by atoms with Crippen molar-refractivity contribution in [2.45, 2.75) is 53.1 Å². The summed E-state index contributed by atoms with van der Waals surface area (Å²) < 4.78 is 1.16. The highest BCUT2D eigenvalue weighted by atomic mass is 79.9. The lowest BCUT2D eigenvalue weighted by Gasteiger charge is -2.32. The van der Waals surface area contributed by atoms with Crippen LogP contribution in [0.2, 0.25) is 0 Å². The van der Waals surface area contributed by atoms with Gasteiger partial charge < -0.3 is 0 Å². The molecule has 18 heavy (non-hydrogen) atoms. The maximum atomic E-state index is 3.49. The predicted octanol–water partition coefficient (Wildman–Crippen LogP) is 5.10. The zero-order valence-electron chi connectivity index (χ0n) is 12.1. The second-order valence-corrected chi connectivity index (χ2v) is 6.34. The fraction of sp³-hybridized carbons (Fsp3) is 0.625. The first kappa shape index (κ1) is 15.7. The molecule has 0 aliphatic carbocycles. The third-order valence-electron chi connectivity index (χ3n) is 3.36. The van der Waals surface area contributed by atoms with Crippen molar-refractivity contribution in [3.8, 4) is 0 Å². The van der Waals surface area contributed by atoms with Gasteiger partial charge in [-0.15, -0.1) is 0 Å². The Morgan fingerprint density at radius 2 is 1.61 bits per heavy atom. The standard InChI is InChI=1S/C16H26BrN/c1-5-16(6-2)18(11-13(3)4)12-14-7-9-15(17)10-8-14/h7-10,13,16H,5-6,11-12H2,1-4H3. The van der Waals surface area contributed by atoms with Gasteiger partial charge in [0.15, 0.2) is 0 Å². The normalized spacial score (nSPS) is 11.8. The Labute approximate surface area is 121 Å². The molecule has 0 N–H and O–H groups in total. The molecule has 102 valence electrons. The Kier molecular flexibility index (Phi) is 6.95. The molecule has 0 saturated carbocycles. The Morgan fingerprint density at radius 3 is 2.06 bits per heavy atom. The second-order valence-electron chi connectivity index (χ2n) is 5.42. The third-order valence-corrected chi connectivity index (χ3v) is 3.89. The Balaban J connectivity index is 2.73. The number of halogens is 1. The van der Waals surface area contributed by atoms with Gasteiger partial charge in [-0.3, -0.25) is 4.90 Å². The zero-order valence-corrected chi connectivity index (χ0v) is 13.7. The van der Waals surface area contributed by atoms with Crippen LogP contribution in [0.4, 0.5) is 0 Å². The first-order chi connectivity index (χ1) is 8.56. The van der Waals surface area contributed by atoms with Gasteiger partial charge in [-0.1, -0.05) is 55.8 Å². The number of benzene rings is 1. The molecule has 2 heteroatoms. The fourth-order valence-corrected chi connectivity index (χ4v) is 2.71. The van der Waals surface area contributed by atoms with E-state index in [1.54, 1.807) is 0 Å². The van der Waals surface area contributed by atoms with Crippen molar-refractivity contribution in [1.82, 2.24) is 4.90 Å². The van der Waals surface area contributed by atoms with Gasteiger partial charge >= 0.3 is 0 Å². The van der Waals surface area contributed by atoms with E-state index in [1.165, 1.54) is 24.9 Å². The van der Waals surface area contributed by atoms with E-state index in [-0.39, 0.29) is 0 Å². The molecule has 0 saturated heterocycles. The molecule has 0 aliphatic heterocycles. The van der Waals surface area contributed by atoms with Crippen LogP contribution >= 0.6 is 15.9 Å². The summed E-state index contributed by atoms with van der Waals surface area (Å²) in [7, 11) is 0. The number of hydrogen-bond donors (Lipinski definition) is 0. The highest BCUT2D eigenvalue weighted by Gasteiger charge is 2.16. The van der Waals surface area contributed by atoms with E-state index < -0.39 is 0 Å². The van der Waals surface area contributed by atoms with Crippen molar-refractivity contribution < 1.29 is 0 Å². The van der Waals surface area contributed by atoms with E-state index >= 15 is 0 Å². The van der Waals surface area contributed by atoms with Crippen LogP contribution in [-0.2, 0) is 6.54 Å². The topological polar surface area (TPSA) is 3.24 Å². The van der Waals surface area contributed by atoms with E-state index in [2.05, 4.69) is 72.8 Å². The predicted molar refractivity (Wildman–Crippen MR) is 83.8 cm³/mol. The number of rotatable bonds is 7. The highest BCUT2D eigenvalue weighted by Crippen LogP contribution is 2.17. The lowest BCUT2D eigenvalue weighted by Crippen LogP contribution is -2.36. The van der Waals surface area contributed by atoms with Gasteiger partial charge in [-0.25, -0.2) is 0 Å². The summed E-state index contributed by atoms with van der Waals surface area (Å²) >= 11 is 3.49. The summed E-state index contributed by atoms with van der Waals surface area (Å²) in [6.07, 6.45) is 2.47. The molecule has 0 unspecified atom stereocenters. The quantitative estimate of drug-likeness (QED) is 0.677. The van der Waals surface area contributed by atoms with Gasteiger partial charge in [0, 0.05) is 23.6 Å². The SMILES string of the molecule is CCC(CC)N(Cc1ccc(Br)cc1)CC(C)C. The average molecular weight is 312 g/mol. The molecule has 0 spiro atoms. The zero-order chi connectivity index (χ0) is 13.5. The van der Waals surface area contributed by atoms with Crippen molar-refractivity contribution in [3.05, 3.63) is 34.3 Å². The summed E-state index contributed by atoms with van der Waals surface area (Å²) in [6, 6.07) is 9.42. The molecule has 1 aromatic carbocycles. The monoisotopic (exact) mass is 311 g/mol. The third kappa shape index (κ3) is 5.11. The molecule has 0 atom stereocenters.